The van der Waals surface area contributed by atoms with Gasteiger partial charge < -0.3 is 4.90 Å². The molecule has 0 bridgehead atoms. The number of rotatable bonds is 5. The lowest BCUT2D eigenvalue weighted by Crippen LogP contribution is -2.41. The van der Waals surface area contributed by atoms with Crippen molar-refractivity contribution in [3.63, 3.8) is 0 Å². The summed E-state index contributed by atoms with van der Waals surface area (Å²) in [6, 6.07) is 3.83. The summed E-state index contributed by atoms with van der Waals surface area (Å²) in [5.41, 5.74) is 2.66. The quantitative estimate of drug-likeness (QED) is 0.811. The molecule has 0 aromatic heterocycles. The van der Waals surface area contributed by atoms with E-state index >= 15 is 0 Å². The van der Waals surface area contributed by atoms with Gasteiger partial charge in [-0.1, -0.05) is 17.7 Å². The number of carbonyl (C=O) groups excluding carboxylic acids is 1. The van der Waals surface area contributed by atoms with Crippen LogP contribution in [0.1, 0.15) is 61.6 Å². The molecule has 2 fully saturated rings. The predicted octanol–water partition coefficient (Wildman–Crippen LogP) is 3.71. The van der Waals surface area contributed by atoms with E-state index in [4.69, 9.17) is 0 Å². The zero-order chi connectivity index (χ0) is 20.3. The van der Waals surface area contributed by atoms with Crippen LogP contribution in [0.5, 0.6) is 0 Å². The first kappa shape index (κ1) is 21.3. The molecule has 156 valence electrons. The topological polar surface area (TPSA) is 66.5 Å². The normalized spacial score (nSPS) is 23.6. The summed E-state index contributed by atoms with van der Waals surface area (Å²) in [6.45, 7) is 7.97. The van der Waals surface area contributed by atoms with Crippen LogP contribution in [-0.4, -0.2) is 38.9 Å². The van der Waals surface area contributed by atoms with E-state index in [0.717, 1.165) is 68.3 Å². The Labute approximate surface area is 169 Å². The van der Waals surface area contributed by atoms with Crippen LogP contribution in [-0.2, 0) is 14.8 Å². The van der Waals surface area contributed by atoms with Crippen LogP contribution in [0.4, 0.5) is 0 Å². The maximum Gasteiger partial charge on any atom is 0.241 e. The molecule has 0 atom stereocenters. The number of nitrogens with zero attached hydrogens (tertiary/aromatic N) is 1. The van der Waals surface area contributed by atoms with Crippen LogP contribution < -0.4 is 4.72 Å². The van der Waals surface area contributed by atoms with Gasteiger partial charge in [-0.2, -0.15) is 0 Å². The Morgan fingerprint density at radius 3 is 2.14 bits per heavy atom. The molecule has 5 nitrogen and oxygen atoms in total. The maximum absolute atomic E-state index is 12.8. The molecule has 1 aromatic carbocycles. The number of hydrogen-bond donors (Lipinski definition) is 1. The number of likely N-dealkylation sites (tertiary alicyclic amines) is 1. The van der Waals surface area contributed by atoms with Gasteiger partial charge in [0.15, 0.2) is 0 Å². The SMILES string of the molecule is Cc1cc(C)c(S(=O)(=O)NCC2CCC(C(=O)N3CCCCC3)CC2)c(C)c1. The minimum Gasteiger partial charge on any atom is -0.342 e. The summed E-state index contributed by atoms with van der Waals surface area (Å²) in [5.74, 6) is 0.767. The molecule has 0 spiro atoms. The van der Waals surface area contributed by atoms with E-state index in [1.165, 1.54) is 6.42 Å². The third-order valence-electron chi connectivity index (χ3n) is 6.30. The van der Waals surface area contributed by atoms with E-state index in [9.17, 15) is 13.2 Å². The average molecular weight is 407 g/mol. The summed E-state index contributed by atoms with van der Waals surface area (Å²) in [5, 5.41) is 0. The van der Waals surface area contributed by atoms with Gasteiger partial charge in [0.05, 0.1) is 4.90 Å². The number of amides is 1. The highest BCUT2D eigenvalue weighted by Crippen LogP contribution is 2.31. The third kappa shape index (κ3) is 4.95. The number of sulfonamides is 1. The summed E-state index contributed by atoms with van der Waals surface area (Å²) in [7, 11) is -3.51. The second kappa shape index (κ2) is 8.95. The lowest BCUT2D eigenvalue weighted by atomic mass is 9.81. The number of carbonyl (C=O) groups is 1. The minimum atomic E-state index is -3.51. The zero-order valence-electron chi connectivity index (χ0n) is 17.5. The number of piperidine rings is 1. The summed E-state index contributed by atoms with van der Waals surface area (Å²) in [4.78, 5) is 15.1. The van der Waals surface area contributed by atoms with Crippen LogP contribution in [0.15, 0.2) is 17.0 Å². The van der Waals surface area contributed by atoms with Gasteiger partial charge in [-0.15, -0.1) is 0 Å². The largest absolute Gasteiger partial charge is 0.342 e. The zero-order valence-corrected chi connectivity index (χ0v) is 18.3. The van der Waals surface area contributed by atoms with Crippen molar-refractivity contribution in [1.82, 2.24) is 9.62 Å². The molecule has 3 rings (SSSR count). The lowest BCUT2D eigenvalue weighted by Gasteiger charge is -2.34. The van der Waals surface area contributed by atoms with Crippen molar-refractivity contribution in [2.75, 3.05) is 19.6 Å². The minimum absolute atomic E-state index is 0.132. The highest BCUT2D eigenvalue weighted by atomic mass is 32.2. The Hall–Kier alpha value is -1.40. The molecule has 1 amide bonds. The van der Waals surface area contributed by atoms with Crippen molar-refractivity contribution in [1.29, 1.82) is 0 Å². The Morgan fingerprint density at radius 1 is 1.00 bits per heavy atom. The number of nitrogens with one attached hydrogen (secondary N) is 1. The van der Waals surface area contributed by atoms with Gasteiger partial charge in [0.2, 0.25) is 15.9 Å². The maximum atomic E-state index is 12.8. The molecule has 1 aliphatic carbocycles. The standard InChI is InChI=1S/C22H34N2O3S/c1-16-13-17(2)21(18(3)14-16)28(26,27)23-15-19-7-9-20(10-8-19)22(25)24-11-5-4-6-12-24/h13-14,19-20,23H,4-12,15H2,1-3H3. The predicted molar refractivity (Wildman–Crippen MR) is 112 cm³/mol. The molecule has 6 heteroatoms. The van der Waals surface area contributed by atoms with E-state index in [2.05, 4.69) is 4.72 Å². The van der Waals surface area contributed by atoms with Crippen molar-refractivity contribution in [2.45, 2.75) is 70.6 Å². The van der Waals surface area contributed by atoms with E-state index < -0.39 is 10.0 Å². The smallest absolute Gasteiger partial charge is 0.241 e. The Bertz CT molecular complexity index is 782. The molecule has 2 aliphatic rings. The summed E-state index contributed by atoms with van der Waals surface area (Å²) >= 11 is 0. The molecule has 1 aliphatic heterocycles. The Balaban J connectivity index is 1.53. The van der Waals surface area contributed by atoms with Crippen molar-refractivity contribution >= 4 is 15.9 Å². The van der Waals surface area contributed by atoms with E-state index in [0.29, 0.717) is 23.3 Å². The molecule has 0 radical (unpaired) electrons. The van der Waals surface area contributed by atoms with Crippen LogP contribution in [0, 0.1) is 32.6 Å². The monoisotopic (exact) mass is 406 g/mol. The molecule has 1 N–H and O–H groups in total. The molecule has 1 aromatic rings. The van der Waals surface area contributed by atoms with Gasteiger partial charge in [-0.25, -0.2) is 13.1 Å². The van der Waals surface area contributed by atoms with Crippen molar-refractivity contribution in [2.24, 2.45) is 11.8 Å². The molecule has 1 saturated heterocycles. The van der Waals surface area contributed by atoms with Gasteiger partial charge in [0.1, 0.15) is 0 Å². The van der Waals surface area contributed by atoms with Crippen LogP contribution in [0.2, 0.25) is 0 Å². The van der Waals surface area contributed by atoms with Gasteiger partial charge in [0, 0.05) is 25.6 Å². The van der Waals surface area contributed by atoms with Crippen LogP contribution in [0.3, 0.4) is 0 Å². The van der Waals surface area contributed by atoms with E-state index in [1.54, 1.807) is 0 Å². The van der Waals surface area contributed by atoms with E-state index in [1.807, 2.05) is 37.8 Å². The second-order valence-corrected chi connectivity index (χ2v) is 10.4. The third-order valence-corrected chi connectivity index (χ3v) is 8.03. The van der Waals surface area contributed by atoms with Crippen molar-refractivity contribution in [3.05, 3.63) is 28.8 Å². The first-order chi connectivity index (χ1) is 13.3. The first-order valence-electron chi connectivity index (χ1n) is 10.6. The fourth-order valence-electron chi connectivity index (χ4n) is 4.88. The molecule has 28 heavy (non-hydrogen) atoms. The molecule has 0 unspecified atom stereocenters. The van der Waals surface area contributed by atoms with Crippen LogP contribution in [0.25, 0.3) is 0 Å². The molecule has 1 saturated carbocycles. The number of aryl methyl sites for hydroxylation is 3. The highest BCUT2D eigenvalue weighted by Gasteiger charge is 2.31. The van der Waals surface area contributed by atoms with Gasteiger partial charge in [-0.3, -0.25) is 4.79 Å². The number of hydrogen-bond acceptors (Lipinski definition) is 3. The summed E-state index contributed by atoms with van der Waals surface area (Å²) in [6.07, 6.45) is 7.07. The Kier molecular flexibility index (Phi) is 6.81. The van der Waals surface area contributed by atoms with Crippen molar-refractivity contribution < 1.29 is 13.2 Å². The summed E-state index contributed by atoms with van der Waals surface area (Å²) < 4.78 is 28.5. The van der Waals surface area contributed by atoms with Gasteiger partial charge in [-0.05, 0) is 82.8 Å². The number of benzene rings is 1. The first-order valence-corrected chi connectivity index (χ1v) is 12.1. The average Bonchev–Trinajstić information content (AvgIpc) is 2.66. The van der Waals surface area contributed by atoms with Crippen LogP contribution >= 0.6 is 0 Å². The van der Waals surface area contributed by atoms with E-state index in [-0.39, 0.29) is 5.92 Å². The Morgan fingerprint density at radius 2 is 1.57 bits per heavy atom. The fraction of sp³-hybridized carbons (Fsp3) is 0.682. The van der Waals surface area contributed by atoms with Gasteiger partial charge >= 0.3 is 0 Å². The highest BCUT2D eigenvalue weighted by molar-refractivity contribution is 7.89. The molecule has 1 heterocycles. The fourth-order valence-corrected chi connectivity index (χ4v) is 6.44. The van der Waals surface area contributed by atoms with Crippen molar-refractivity contribution in [3.8, 4) is 0 Å². The second-order valence-electron chi connectivity index (χ2n) is 8.68. The van der Waals surface area contributed by atoms with Gasteiger partial charge in [0.25, 0.3) is 0 Å². The molecular formula is C22H34N2O3S. The molecular weight excluding hydrogens is 372 g/mol. The lowest BCUT2D eigenvalue weighted by molar-refractivity contribution is -0.137.